The molecule has 6 nitrogen and oxygen atoms in total. The molecule has 1 N–H and O–H groups in total. The Labute approximate surface area is 103 Å². The number of halogens is 1. The zero-order valence-corrected chi connectivity index (χ0v) is 9.62. The van der Waals surface area contributed by atoms with E-state index in [1.54, 1.807) is 0 Å². The summed E-state index contributed by atoms with van der Waals surface area (Å²) in [7, 11) is 0. The normalized spacial score (nSPS) is 16.0. The van der Waals surface area contributed by atoms with E-state index in [2.05, 4.69) is 0 Å². The van der Waals surface area contributed by atoms with Crippen molar-refractivity contribution in [1.29, 1.82) is 0 Å². The molecule has 2 amide bonds. The molecule has 1 aliphatic rings. The van der Waals surface area contributed by atoms with E-state index in [9.17, 15) is 18.6 Å². The Balaban J connectivity index is 2.58. The molecule has 1 atom stereocenters. The molecule has 1 unspecified atom stereocenters. The van der Waals surface area contributed by atoms with E-state index < -0.39 is 28.3 Å². The molecule has 2 rings (SSSR count). The van der Waals surface area contributed by atoms with Crippen molar-refractivity contribution in [3.63, 3.8) is 0 Å². The van der Waals surface area contributed by atoms with Gasteiger partial charge < -0.3 is 0 Å². The molecule has 0 radical (unpaired) electrons. The molecular weight excluding hydrogens is 270 g/mol. The number of hydrogen-bond acceptors (Lipinski definition) is 4. The van der Waals surface area contributed by atoms with Crippen LogP contribution in [0.15, 0.2) is 18.2 Å². The van der Waals surface area contributed by atoms with Crippen LogP contribution < -0.4 is 0 Å². The minimum Gasteiger partial charge on any atom is -0.289 e. The quantitative estimate of drug-likeness (QED) is 0.489. The fourth-order valence-electron chi connectivity index (χ4n) is 1.48. The van der Waals surface area contributed by atoms with Gasteiger partial charge in [-0.05, 0) is 29.8 Å². The molecule has 8 heteroatoms. The first-order valence-corrected chi connectivity index (χ1v) is 5.71. The minimum atomic E-state index is -2.73. The average molecular weight is 274 g/mol. The van der Waals surface area contributed by atoms with Crippen molar-refractivity contribution in [2.75, 3.05) is 0 Å². The molecule has 0 aromatic heterocycles. The Morgan fingerprint density at radius 3 is 2.35 bits per heavy atom. The Bertz CT molecular complexity index is 585. The standard InChI is InChI=1S/C9H4ClNO5S/c10-7(12)4-1-2-5-6(3-4)9(14)11(8(5)13)17(15)16/h1-3H,(H,15,16). The fraction of sp³-hybridized carbons (Fsp3) is 0. The van der Waals surface area contributed by atoms with Crippen LogP contribution in [0.5, 0.6) is 0 Å². The largest absolute Gasteiger partial charge is 0.289 e. The van der Waals surface area contributed by atoms with Gasteiger partial charge in [0.15, 0.2) is 0 Å². The smallest absolute Gasteiger partial charge is 0.275 e. The number of hydrogen-bond donors (Lipinski definition) is 1. The summed E-state index contributed by atoms with van der Waals surface area (Å²) < 4.78 is 19.8. The Hall–Kier alpha value is -1.57. The van der Waals surface area contributed by atoms with E-state index in [0.29, 0.717) is 0 Å². The SMILES string of the molecule is O=C(Cl)c1ccc2c(c1)C(=O)N(S(=O)O)C2=O. The van der Waals surface area contributed by atoms with E-state index >= 15 is 0 Å². The molecule has 1 aromatic carbocycles. The van der Waals surface area contributed by atoms with Gasteiger partial charge in [0.05, 0.1) is 11.1 Å². The van der Waals surface area contributed by atoms with Crippen molar-refractivity contribution in [2.24, 2.45) is 0 Å². The maximum absolute atomic E-state index is 11.6. The van der Waals surface area contributed by atoms with Crippen LogP contribution in [-0.4, -0.2) is 30.1 Å². The first-order valence-electron chi connectivity index (χ1n) is 4.27. The maximum Gasteiger partial charge on any atom is 0.275 e. The predicted molar refractivity (Wildman–Crippen MR) is 57.9 cm³/mol. The summed E-state index contributed by atoms with van der Waals surface area (Å²) in [5.74, 6) is -1.80. The molecule has 17 heavy (non-hydrogen) atoms. The molecule has 0 saturated heterocycles. The van der Waals surface area contributed by atoms with E-state index in [1.807, 2.05) is 0 Å². The van der Waals surface area contributed by atoms with Crippen molar-refractivity contribution < 1.29 is 23.1 Å². The molecule has 88 valence electrons. The lowest BCUT2D eigenvalue weighted by molar-refractivity contribution is 0.0763. The van der Waals surface area contributed by atoms with E-state index in [4.69, 9.17) is 16.2 Å². The highest BCUT2D eigenvalue weighted by Gasteiger charge is 2.39. The first-order chi connectivity index (χ1) is 7.93. The molecule has 0 bridgehead atoms. The minimum absolute atomic E-state index is 0.0286. The van der Waals surface area contributed by atoms with Gasteiger partial charge in [-0.25, -0.2) is 4.21 Å². The topological polar surface area (TPSA) is 91.8 Å². The third-order valence-corrected chi connectivity index (χ3v) is 3.09. The molecule has 0 saturated carbocycles. The average Bonchev–Trinajstić information content (AvgIpc) is 2.51. The van der Waals surface area contributed by atoms with Crippen LogP contribution in [0.4, 0.5) is 0 Å². The lowest BCUT2D eigenvalue weighted by Crippen LogP contribution is -2.31. The van der Waals surface area contributed by atoms with Gasteiger partial charge in [0.1, 0.15) is 0 Å². The third kappa shape index (κ3) is 1.78. The van der Waals surface area contributed by atoms with E-state index in [1.165, 1.54) is 12.1 Å². The highest BCUT2D eigenvalue weighted by Crippen LogP contribution is 2.25. The number of amides is 2. The number of carbonyl (C=O) groups excluding carboxylic acids is 3. The van der Waals surface area contributed by atoms with Crippen molar-refractivity contribution >= 4 is 39.9 Å². The van der Waals surface area contributed by atoms with E-state index in [0.717, 1.165) is 6.07 Å². The van der Waals surface area contributed by atoms with Crippen LogP contribution >= 0.6 is 11.6 Å². The molecule has 1 heterocycles. The zero-order valence-electron chi connectivity index (χ0n) is 8.05. The third-order valence-electron chi connectivity index (χ3n) is 2.23. The molecule has 1 aliphatic heterocycles. The van der Waals surface area contributed by atoms with Crippen molar-refractivity contribution in [2.45, 2.75) is 0 Å². The predicted octanol–water partition coefficient (Wildman–Crippen LogP) is 0.798. The van der Waals surface area contributed by atoms with Gasteiger partial charge in [-0.2, -0.15) is 4.31 Å². The summed E-state index contributed by atoms with van der Waals surface area (Å²) >= 11 is 2.50. The molecule has 0 spiro atoms. The van der Waals surface area contributed by atoms with Crippen molar-refractivity contribution in [1.82, 2.24) is 4.31 Å². The fourth-order valence-corrected chi connectivity index (χ4v) is 2.08. The highest BCUT2D eigenvalue weighted by atomic mass is 35.5. The lowest BCUT2D eigenvalue weighted by Gasteiger charge is -2.05. The van der Waals surface area contributed by atoms with Crippen LogP contribution in [0.2, 0.25) is 0 Å². The summed E-state index contributed by atoms with van der Waals surface area (Å²) in [6.07, 6.45) is 0. The van der Waals surface area contributed by atoms with Gasteiger partial charge in [0.2, 0.25) is 0 Å². The number of carbonyl (C=O) groups is 3. The molecule has 1 aromatic rings. The van der Waals surface area contributed by atoms with Gasteiger partial charge >= 0.3 is 0 Å². The second-order valence-electron chi connectivity index (χ2n) is 3.17. The summed E-state index contributed by atoms with van der Waals surface area (Å²) in [6.45, 7) is 0. The number of rotatable bonds is 2. The van der Waals surface area contributed by atoms with Crippen molar-refractivity contribution in [3.8, 4) is 0 Å². The van der Waals surface area contributed by atoms with Crippen LogP contribution in [-0.2, 0) is 11.3 Å². The lowest BCUT2D eigenvalue weighted by atomic mass is 10.1. The van der Waals surface area contributed by atoms with Gasteiger partial charge in [0, 0.05) is 5.56 Å². The van der Waals surface area contributed by atoms with Crippen LogP contribution in [0.1, 0.15) is 31.1 Å². The summed E-state index contributed by atoms with van der Waals surface area (Å²) in [5.41, 5.74) is -0.0971. The van der Waals surface area contributed by atoms with Crippen LogP contribution in [0.3, 0.4) is 0 Å². The van der Waals surface area contributed by atoms with Gasteiger partial charge in [-0.3, -0.25) is 18.9 Å². The van der Waals surface area contributed by atoms with Crippen molar-refractivity contribution in [3.05, 3.63) is 34.9 Å². The van der Waals surface area contributed by atoms with E-state index in [-0.39, 0.29) is 21.0 Å². The van der Waals surface area contributed by atoms with Gasteiger partial charge in [0.25, 0.3) is 28.3 Å². The molecule has 0 fully saturated rings. The number of imide groups is 1. The summed E-state index contributed by atoms with van der Waals surface area (Å²) in [6, 6.07) is 3.61. The molecular formula is C9H4ClNO5S. The maximum atomic E-state index is 11.6. The number of nitrogens with zero attached hydrogens (tertiary/aromatic N) is 1. The Morgan fingerprint density at radius 1 is 1.24 bits per heavy atom. The second-order valence-corrected chi connectivity index (χ2v) is 4.34. The second kappa shape index (κ2) is 4.02. The first kappa shape index (κ1) is 11.9. The Morgan fingerprint density at radius 2 is 1.82 bits per heavy atom. The Kier molecular flexibility index (Phi) is 2.82. The van der Waals surface area contributed by atoms with Gasteiger partial charge in [-0.15, -0.1) is 0 Å². The number of fused-ring (bicyclic) bond motifs is 1. The number of benzene rings is 1. The van der Waals surface area contributed by atoms with Crippen LogP contribution in [0, 0.1) is 0 Å². The highest BCUT2D eigenvalue weighted by molar-refractivity contribution is 7.78. The van der Waals surface area contributed by atoms with Gasteiger partial charge in [-0.1, -0.05) is 0 Å². The zero-order chi connectivity index (χ0) is 12.7. The summed E-state index contributed by atoms with van der Waals surface area (Å²) in [5, 5.41) is -0.781. The summed E-state index contributed by atoms with van der Waals surface area (Å²) in [4.78, 5) is 34.1. The van der Waals surface area contributed by atoms with Crippen LogP contribution in [0.25, 0.3) is 0 Å². The monoisotopic (exact) mass is 273 g/mol. The molecule has 0 aliphatic carbocycles.